The molecule has 0 saturated carbocycles. The second-order valence-electron chi connectivity index (χ2n) is 7.56. The van der Waals surface area contributed by atoms with Crippen LogP contribution in [-0.2, 0) is 24.7 Å². The monoisotopic (exact) mass is 537 g/mol. The normalized spacial score (nSPS) is 17.8. The van der Waals surface area contributed by atoms with Crippen LogP contribution < -0.4 is 9.08 Å². The number of halogens is 3. The van der Waals surface area contributed by atoms with Gasteiger partial charge in [-0.05, 0) is 30.6 Å². The van der Waals surface area contributed by atoms with Crippen molar-refractivity contribution in [3.63, 3.8) is 0 Å². The number of rotatable bonds is 5. The van der Waals surface area contributed by atoms with E-state index in [1.807, 2.05) is 11.8 Å². The van der Waals surface area contributed by atoms with Crippen LogP contribution in [0.1, 0.15) is 6.92 Å². The Morgan fingerprint density at radius 3 is 2.53 bits per heavy atom. The molecular formula is C19H18F3N3O6S3. The second kappa shape index (κ2) is 8.62. The van der Waals surface area contributed by atoms with E-state index in [2.05, 4.69) is 13.5 Å². The van der Waals surface area contributed by atoms with E-state index < -0.39 is 31.3 Å². The van der Waals surface area contributed by atoms with Crippen molar-refractivity contribution in [2.75, 3.05) is 30.9 Å². The predicted molar refractivity (Wildman–Crippen MR) is 119 cm³/mol. The molecule has 3 heterocycles. The van der Waals surface area contributed by atoms with Crippen molar-refractivity contribution in [1.82, 2.24) is 9.36 Å². The molecule has 0 spiro atoms. The Hall–Kier alpha value is -2.49. The summed E-state index contributed by atoms with van der Waals surface area (Å²) in [6.07, 6.45) is 1.06. The molecule has 1 aromatic carbocycles. The number of nitrogens with zero attached hydrogens (tertiary/aromatic N) is 3. The van der Waals surface area contributed by atoms with Gasteiger partial charge >= 0.3 is 15.6 Å². The molecule has 0 bridgehead atoms. The fourth-order valence-electron chi connectivity index (χ4n) is 3.52. The number of fused-ring (bicyclic) bond motifs is 1. The molecule has 1 aliphatic heterocycles. The van der Waals surface area contributed by atoms with Crippen LogP contribution in [0.3, 0.4) is 0 Å². The van der Waals surface area contributed by atoms with Crippen molar-refractivity contribution in [2.24, 2.45) is 0 Å². The summed E-state index contributed by atoms with van der Waals surface area (Å²) in [7, 11) is -9.60. The summed E-state index contributed by atoms with van der Waals surface area (Å²) in [4.78, 5) is 6.30. The van der Waals surface area contributed by atoms with Gasteiger partial charge < -0.3 is 13.8 Å². The fraction of sp³-hybridized carbons (Fsp3) is 0.368. The highest BCUT2D eigenvalue weighted by Crippen LogP contribution is 2.41. The minimum atomic E-state index is -5.96. The lowest BCUT2D eigenvalue weighted by molar-refractivity contribution is -0.0500. The highest BCUT2D eigenvalue weighted by atomic mass is 32.2. The molecule has 15 heteroatoms. The zero-order chi connectivity index (χ0) is 24.9. The largest absolute Gasteiger partial charge is 0.534 e. The minimum Gasteiger partial charge on any atom is -0.377 e. The Morgan fingerprint density at radius 2 is 1.88 bits per heavy atom. The highest BCUT2D eigenvalue weighted by Gasteiger charge is 2.49. The first-order valence-corrected chi connectivity index (χ1v) is 13.8. The zero-order valence-electron chi connectivity index (χ0n) is 17.7. The van der Waals surface area contributed by atoms with Crippen molar-refractivity contribution in [3.05, 3.63) is 30.3 Å². The average Bonchev–Trinajstić information content (AvgIpc) is 3.13. The van der Waals surface area contributed by atoms with E-state index in [0.29, 0.717) is 42.4 Å². The number of alkyl halides is 3. The maximum atomic E-state index is 12.9. The molecule has 34 heavy (non-hydrogen) atoms. The van der Waals surface area contributed by atoms with Crippen molar-refractivity contribution < 1.29 is 38.9 Å². The Morgan fingerprint density at radius 1 is 1.18 bits per heavy atom. The van der Waals surface area contributed by atoms with Gasteiger partial charge in [-0.2, -0.15) is 26.0 Å². The number of benzene rings is 1. The van der Waals surface area contributed by atoms with Crippen molar-refractivity contribution >= 4 is 47.5 Å². The van der Waals surface area contributed by atoms with Crippen LogP contribution in [0.25, 0.3) is 21.3 Å². The lowest BCUT2D eigenvalue weighted by Gasteiger charge is -2.35. The molecule has 0 amide bonds. The Bertz CT molecular complexity index is 1450. The van der Waals surface area contributed by atoms with Crippen LogP contribution in [0.15, 0.2) is 35.2 Å². The number of hydrogen-bond acceptors (Lipinski definition) is 10. The summed E-state index contributed by atoms with van der Waals surface area (Å²) in [5.74, 6) is -0.559. The average molecular weight is 538 g/mol. The molecule has 1 saturated heterocycles. The van der Waals surface area contributed by atoms with Gasteiger partial charge in [-0.15, -0.1) is 0 Å². The number of morpholine rings is 1. The molecule has 0 aliphatic carbocycles. The molecule has 1 aliphatic rings. The van der Waals surface area contributed by atoms with E-state index in [9.17, 15) is 30.0 Å². The molecule has 2 aromatic heterocycles. The van der Waals surface area contributed by atoms with Crippen LogP contribution in [0.2, 0.25) is 0 Å². The third-order valence-corrected chi connectivity index (χ3v) is 7.95. The molecule has 1 fully saturated rings. The van der Waals surface area contributed by atoms with Crippen molar-refractivity contribution in [3.8, 4) is 17.0 Å². The third-order valence-electron chi connectivity index (χ3n) is 5.09. The smallest absolute Gasteiger partial charge is 0.377 e. The van der Waals surface area contributed by atoms with E-state index in [1.54, 1.807) is 18.2 Å². The van der Waals surface area contributed by atoms with Crippen LogP contribution >= 0.6 is 11.5 Å². The molecule has 3 aromatic rings. The molecule has 9 nitrogen and oxygen atoms in total. The maximum absolute atomic E-state index is 12.9. The lowest BCUT2D eigenvalue weighted by Crippen LogP contribution is -2.44. The quantitative estimate of drug-likeness (QED) is 0.357. The molecule has 1 atom stereocenters. The Labute approximate surface area is 197 Å². The van der Waals surface area contributed by atoms with Crippen molar-refractivity contribution in [1.29, 1.82) is 0 Å². The molecule has 0 unspecified atom stereocenters. The van der Waals surface area contributed by atoms with Gasteiger partial charge in [0.2, 0.25) is 0 Å². The van der Waals surface area contributed by atoms with Gasteiger partial charge in [-0.1, -0.05) is 18.2 Å². The number of pyridine rings is 1. The maximum Gasteiger partial charge on any atom is 0.534 e. The molecule has 0 N–H and O–H groups in total. The second-order valence-corrected chi connectivity index (χ2v) is 11.9. The first-order chi connectivity index (χ1) is 15.8. The van der Waals surface area contributed by atoms with Crippen LogP contribution in [0.5, 0.6) is 5.88 Å². The summed E-state index contributed by atoms with van der Waals surface area (Å²) < 4.78 is 100. The van der Waals surface area contributed by atoms with Gasteiger partial charge in [-0.3, -0.25) is 0 Å². The topological polar surface area (TPSA) is 116 Å². The van der Waals surface area contributed by atoms with Crippen LogP contribution in [-0.4, -0.2) is 63.8 Å². The fourth-order valence-corrected chi connectivity index (χ4v) is 5.58. The lowest BCUT2D eigenvalue weighted by atomic mass is 10.0. The van der Waals surface area contributed by atoms with Gasteiger partial charge in [-0.25, -0.2) is 13.4 Å². The first-order valence-electron chi connectivity index (χ1n) is 9.74. The van der Waals surface area contributed by atoms with Crippen LogP contribution in [0.4, 0.5) is 19.0 Å². The molecule has 4 rings (SSSR count). The SMILES string of the molecule is C[C@@H]1COCCN1c1nc2c(OS(=O)(=O)C(F)(F)F)nsc2cc1-c1ccccc1S(C)(=O)=O. The first kappa shape index (κ1) is 24.6. The van der Waals surface area contributed by atoms with Gasteiger partial charge in [0.1, 0.15) is 11.3 Å². The number of aromatic nitrogens is 2. The van der Waals surface area contributed by atoms with E-state index in [4.69, 9.17) is 4.74 Å². The molecule has 184 valence electrons. The Kier molecular flexibility index (Phi) is 6.25. The van der Waals surface area contributed by atoms with E-state index >= 15 is 0 Å². The van der Waals surface area contributed by atoms with Gasteiger partial charge in [0.15, 0.2) is 9.84 Å². The Balaban J connectivity index is 1.97. The van der Waals surface area contributed by atoms with E-state index in [1.165, 1.54) is 12.1 Å². The van der Waals surface area contributed by atoms with Crippen molar-refractivity contribution in [2.45, 2.75) is 23.4 Å². The summed E-state index contributed by atoms with van der Waals surface area (Å²) in [6.45, 7) is 2.88. The number of ether oxygens (including phenoxy) is 1. The van der Waals surface area contributed by atoms with E-state index in [-0.39, 0.29) is 27.0 Å². The standard InChI is InChI=1S/C19H18F3N3O6S3/c1-11-10-30-8-7-25(11)17-13(12-5-3-4-6-15(12)33(2,26)27)9-14-16(23-17)18(24-32-14)31-34(28,29)19(20,21)22/h3-6,9,11H,7-8,10H2,1-2H3/t11-/m1/s1. The highest BCUT2D eigenvalue weighted by molar-refractivity contribution is 7.90. The third kappa shape index (κ3) is 4.56. The summed E-state index contributed by atoms with van der Waals surface area (Å²) in [6, 6.07) is 7.58. The van der Waals surface area contributed by atoms with Gasteiger partial charge in [0.05, 0.1) is 28.9 Å². The summed E-state index contributed by atoms with van der Waals surface area (Å²) in [5, 5.41) is 0. The van der Waals surface area contributed by atoms with Crippen LogP contribution in [0, 0.1) is 0 Å². The zero-order valence-corrected chi connectivity index (χ0v) is 20.2. The predicted octanol–water partition coefficient (Wildman–Crippen LogP) is 3.22. The summed E-state index contributed by atoms with van der Waals surface area (Å²) in [5.41, 5.74) is -5.09. The van der Waals surface area contributed by atoms with E-state index in [0.717, 1.165) is 6.26 Å². The van der Waals surface area contributed by atoms with Gasteiger partial charge in [0.25, 0.3) is 5.88 Å². The number of sulfone groups is 1. The van der Waals surface area contributed by atoms with Gasteiger partial charge in [0, 0.05) is 23.9 Å². The number of anilines is 1. The minimum absolute atomic E-state index is 0.0407. The molecular weight excluding hydrogens is 519 g/mol. The molecule has 0 radical (unpaired) electrons. The number of hydrogen-bond donors (Lipinski definition) is 0. The summed E-state index contributed by atoms with van der Waals surface area (Å²) >= 11 is 0.682.